The van der Waals surface area contributed by atoms with E-state index >= 15 is 0 Å². The number of Topliss-reactive ketones (excluding diaryl/α,β-unsaturated/α-hetero) is 1. The maximum absolute atomic E-state index is 14.8. The van der Waals surface area contributed by atoms with Gasteiger partial charge in [0.25, 0.3) is 0 Å². The molecule has 0 radical (unpaired) electrons. The Hall–Kier alpha value is -3.07. The Kier molecular flexibility index (Phi) is 4.04. The van der Waals surface area contributed by atoms with E-state index in [0.717, 1.165) is 48.9 Å². The lowest BCUT2D eigenvalue weighted by atomic mass is 9.64. The van der Waals surface area contributed by atoms with Gasteiger partial charge in [0.05, 0.1) is 11.3 Å². The number of carbonyl (C=O) groups excluding carboxylic acids is 2. The number of anilines is 1. The van der Waals surface area contributed by atoms with Crippen molar-refractivity contribution in [2.75, 3.05) is 4.90 Å². The number of nitriles is 1. The fraction of sp³-hybridized carbons (Fsp3) is 0.519. The fourth-order valence-corrected chi connectivity index (χ4v) is 7.53. The van der Waals surface area contributed by atoms with Crippen LogP contribution in [0.3, 0.4) is 0 Å². The number of ether oxygens (including phenoxy) is 1. The molecule has 2 aliphatic carbocycles. The first-order valence-electron chi connectivity index (χ1n) is 12.1. The molecule has 1 aromatic carbocycles. The molecule has 3 aliphatic heterocycles. The predicted molar refractivity (Wildman–Crippen MR) is 123 cm³/mol. The molecule has 0 saturated heterocycles. The van der Waals surface area contributed by atoms with Gasteiger partial charge in [-0.3, -0.25) is 9.59 Å². The Morgan fingerprint density at radius 1 is 1.06 bits per heavy atom. The third-order valence-electron chi connectivity index (χ3n) is 8.65. The molecule has 1 fully saturated rings. The van der Waals surface area contributed by atoms with Crippen LogP contribution in [0.25, 0.3) is 0 Å². The quantitative estimate of drug-likeness (QED) is 0.642. The Morgan fingerprint density at radius 3 is 2.52 bits per heavy atom. The normalized spacial score (nSPS) is 29.2. The number of fused-ring (bicyclic) bond motifs is 3. The monoisotopic (exact) mass is 443 g/mol. The van der Waals surface area contributed by atoms with E-state index in [0.29, 0.717) is 30.6 Å². The van der Waals surface area contributed by atoms with Gasteiger partial charge < -0.3 is 15.4 Å². The number of rotatable bonds is 0. The van der Waals surface area contributed by atoms with E-state index in [1.807, 2.05) is 17.0 Å². The standard InChI is InChI=1S/C27H29N3O3/c1-25(2)15-26(12-4-3-5-13-26)30-22-16(25)8-6-9-17(22)27(24(30)32)18(14-28)23(29)33-20-11-7-10-19(31)21(20)27/h6,8-9H,3-5,7,10-13,15,29H2,1-2H3. The molecule has 1 aromatic rings. The Bertz CT molecular complexity index is 1230. The summed E-state index contributed by atoms with van der Waals surface area (Å²) in [6.07, 6.45) is 7.60. The van der Waals surface area contributed by atoms with Crippen LogP contribution in [0.15, 0.2) is 41.0 Å². The highest BCUT2D eigenvalue weighted by Gasteiger charge is 2.67. The summed E-state index contributed by atoms with van der Waals surface area (Å²) in [7, 11) is 0. The number of para-hydroxylation sites is 1. The lowest BCUT2D eigenvalue weighted by molar-refractivity contribution is -0.126. The summed E-state index contributed by atoms with van der Waals surface area (Å²) in [5.74, 6) is 0.117. The van der Waals surface area contributed by atoms with Crippen LogP contribution in [0.1, 0.15) is 82.8 Å². The van der Waals surface area contributed by atoms with Crippen molar-refractivity contribution in [3.05, 3.63) is 52.1 Å². The molecule has 170 valence electrons. The van der Waals surface area contributed by atoms with Crippen molar-refractivity contribution in [3.63, 3.8) is 0 Å². The van der Waals surface area contributed by atoms with Gasteiger partial charge in [0.2, 0.25) is 11.8 Å². The molecule has 2 spiro atoms. The molecule has 1 saturated carbocycles. The number of hydrogen-bond donors (Lipinski definition) is 1. The molecule has 6 heteroatoms. The highest BCUT2D eigenvalue weighted by Crippen LogP contribution is 2.63. The Labute approximate surface area is 194 Å². The van der Waals surface area contributed by atoms with E-state index in [1.165, 1.54) is 6.42 Å². The van der Waals surface area contributed by atoms with E-state index < -0.39 is 5.41 Å². The third-order valence-corrected chi connectivity index (χ3v) is 8.65. The number of ketones is 1. The second kappa shape index (κ2) is 6.50. The van der Waals surface area contributed by atoms with Gasteiger partial charge in [0.15, 0.2) is 5.78 Å². The molecule has 2 N–H and O–H groups in total. The first-order valence-corrected chi connectivity index (χ1v) is 12.1. The van der Waals surface area contributed by atoms with Crippen LogP contribution in [0.5, 0.6) is 0 Å². The van der Waals surface area contributed by atoms with Gasteiger partial charge >= 0.3 is 0 Å². The van der Waals surface area contributed by atoms with Gasteiger partial charge in [0.1, 0.15) is 22.8 Å². The van der Waals surface area contributed by atoms with Crippen LogP contribution in [0, 0.1) is 11.3 Å². The highest BCUT2D eigenvalue weighted by atomic mass is 16.5. The van der Waals surface area contributed by atoms with Crippen molar-refractivity contribution in [2.24, 2.45) is 5.73 Å². The van der Waals surface area contributed by atoms with E-state index in [-0.39, 0.29) is 34.1 Å². The lowest BCUT2D eigenvalue weighted by Gasteiger charge is -2.54. The van der Waals surface area contributed by atoms with E-state index in [1.54, 1.807) is 0 Å². The predicted octanol–water partition coefficient (Wildman–Crippen LogP) is 4.39. The zero-order valence-corrected chi connectivity index (χ0v) is 19.3. The van der Waals surface area contributed by atoms with Crippen molar-refractivity contribution in [1.82, 2.24) is 0 Å². The van der Waals surface area contributed by atoms with Crippen molar-refractivity contribution in [1.29, 1.82) is 5.26 Å². The van der Waals surface area contributed by atoms with Crippen LogP contribution < -0.4 is 10.6 Å². The number of benzene rings is 1. The highest BCUT2D eigenvalue weighted by molar-refractivity contribution is 6.21. The fourth-order valence-electron chi connectivity index (χ4n) is 7.53. The van der Waals surface area contributed by atoms with Crippen LogP contribution in [-0.4, -0.2) is 17.2 Å². The van der Waals surface area contributed by atoms with Crippen LogP contribution >= 0.6 is 0 Å². The SMILES string of the molecule is CC1(C)CC2(CCCCC2)N2C(=O)C3(C(C#N)=C(N)OC4=C3C(=O)CCC4)c3cccc1c32. The summed E-state index contributed by atoms with van der Waals surface area (Å²) in [6.45, 7) is 4.50. The lowest BCUT2D eigenvalue weighted by Crippen LogP contribution is -2.60. The summed E-state index contributed by atoms with van der Waals surface area (Å²) < 4.78 is 5.83. The van der Waals surface area contributed by atoms with E-state index in [4.69, 9.17) is 10.5 Å². The molecule has 0 aromatic heterocycles. The first-order chi connectivity index (χ1) is 15.8. The Morgan fingerprint density at radius 2 is 1.79 bits per heavy atom. The number of hydrogen-bond acceptors (Lipinski definition) is 5. The van der Waals surface area contributed by atoms with Gasteiger partial charge in [-0.05, 0) is 36.7 Å². The van der Waals surface area contributed by atoms with Crippen LogP contribution in [-0.2, 0) is 25.2 Å². The summed E-state index contributed by atoms with van der Waals surface area (Å²) >= 11 is 0. The van der Waals surface area contributed by atoms with Gasteiger partial charge in [-0.1, -0.05) is 51.3 Å². The topological polar surface area (TPSA) is 96.4 Å². The average molecular weight is 444 g/mol. The molecule has 6 nitrogen and oxygen atoms in total. The van der Waals surface area contributed by atoms with Gasteiger partial charge in [0, 0.05) is 23.9 Å². The van der Waals surface area contributed by atoms with Gasteiger partial charge in [-0.25, -0.2) is 0 Å². The smallest absolute Gasteiger partial charge is 0.248 e. The molecular formula is C27H29N3O3. The van der Waals surface area contributed by atoms with Gasteiger partial charge in [-0.15, -0.1) is 0 Å². The first kappa shape index (κ1) is 20.5. The number of amides is 1. The summed E-state index contributed by atoms with van der Waals surface area (Å²) in [5, 5.41) is 10.3. The van der Waals surface area contributed by atoms with Crippen LogP contribution in [0.2, 0.25) is 0 Å². The molecule has 5 aliphatic rings. The zero-order chi connectivity index (χ0) is 23.2. The second-order valence-corrected chi connectivity index (χ2v) is 11.0. The largest absolute Gasteiger partial charge is 0.444 e. The molecule has 3 heterocycles. The Balaban J connectivity index is 1.73. The summed E-state index contributed by atoms with van der Waals surface area (Å²) in [5.41, 5.74) is 7.50. The minimum atomic E-state index is -1.50. The minimum absolute atomic E-state index is 0.0475. The van der Waals surface area contributed by atoms with Crippen molar-refractivity contribution < 1.29 is 14.3 Å². The number of allylic oxidation sites excluding steroid dienone is 1. The van der Waals surface area contributed by atoms with Crippen molar-refractivity contribution in [2.45, 2.75) is 88.0 Å². The van der Waals surface area contributed by atoms with Gasteiger partial charge in [-0.2, -0.15) is 5.26 Å². The molecule has 1 unspecified atom stereocenters. The molecule has 33 heavy (non-hydrogen) atoms. The van der Waals surface area contributed by atoms with Crippen LogP contribution in [0.4, 0.5) is 5.69 Å². The number of carbonyl (C=O) groups is 2. The van der Waals surface area contributed by atoms with E-state index in [2.05, 4.69) is 26.0 Å². The number of nitrogens with zero attached hydrogens (tertiary/aromatic N) is 2. The van der Waals surface area contributed by atoms with Crippen molar-refractivity contribution in [3.8, 4) is 6.07 Å². The second-order valence-electron chi connectivity index (χ2n) is 11.0. The number of nitrogens with two attached hydrogens (primary N) is 1. The zero-order valence-electron chi connectivity index (χ0n) is 19.3. The summed E-state index contributed by atoms with van der Waals surface area (Å²) in [6, 6.07) is 8.19. The van der Waals surface area contributed by atoms with E-state index in [9.17, 15) is 14.9 Å². The summed E-state index contributed by atoms with van der Waals surface area (Å²) in [4.78, 5) is 30.2. The molecule has 0 bridgehead atoms. The minimum Gasteiger partial charge on any atom is -0.444 e. The maximum atomic E-state index is 14.8. The van der Waals surface area contributed by atoms with Crippen molar-refractivity contribution >= 4 is 17.4 Å². The molecule has 6 rings (SSSR count). The molecule has 1 amide bonds. The average Bonchev–Trinajstić information content (AvgIpc) is 3.03. The maximum Gasteiger partial charge on any atom is 0.248 e. The molecule has 1 atom stereocenters. The third kappa shape index (κ3) is 2.33. The molecular weight excluding hydrogens is 414 g/mol.